The summed E-state index contributed by atoms with van der Waals surface area (Å²) in [5.74, 6) is -0.219. The molecule has 2 amide bonds. The number of rotatable bonds is 3. The van der Waals surface area contributed by atoms with Crippen molar-refractivity contribution in [2.75, 3.05) is 20.8 Å². The Bertz CT molecular complexity index is 613. The van der Waals surface area contributed by atoms with E-state index in [0.29, 0.717) is 11.6 Å². The first-order valence-electron chi connectivity index (χ1n) is 7.19. The molecule has 2 rings (SSSR count). The Morgan fingerprint density at radius 3 is 2.23 bits per heavy atom. The lowest BCUT2D eigenvalue weighted by atomic mass is 9.87. The maximum atomic E-state index is 12.3. The van der Waals surface area contributed by atoms with Crippen molar-refractivity contribution in [1.29, 1.82) is 0 Å². The van der Waals surface area contributed by atoms with E-state index in [4.69, 9.17) is 0 Å². The number of thioether (sulfide) groups is 1. The number of carbonyl (C=O) groups is 2. The maximum absolute atomic E-state index is 12.3. The van der Waals surface area contributed by atoms with E-state index in [-0.39, 0.29) is 16.6 Å². The monoisotopic (exact) mass is 318 g/mol. The summed E-state index contributed by atoms with van der Waals surface area (Å²) in [6, 6.07) is 8.10. The van der Waals surface area contributed by atoms with Gasteiger partial charge in [0.05, 0.1) is 11.6 Å². The standard InChI is InChI=1S/C17H22N2O2S/c1-17(2,3)13-8-6-12(7-9-13)10-14-15(20)19(11-18(4)5)16(21)22-14/h6-10H,11H2,1-5H3. The van der Waals surface area contributed by atoms with Gasteiger partial charge in [0.1, 0.15) is 0 Å². The molecule has 0 atom stereocenters. The second kappa shape index (κ2) is 6.26. The summed E-state index contributed by atoms with van der Waals surface area (Å²) in [4.78, 5) is 27.7. The summed E-state index contributed by atoms with van der Waals surface area (Å²) in [6.45, 7) is 6.79. The van der Waals surface area contributed by atoms with Gasteiger partial charge in [-0.3, -0.25) is 19.4 Å². The van der Waals surface area contributed by atoms with Crippen molar-refractivity contribution in [3.8, 4) is 0 Å². The first-order chi connectivity index (χ1) is 10.2. The molecule has 0 aliphatic carbocycles. The summed E-state index contributed by atoms with van der Waals surface area (Å²) in [6.07, 6.45) is 1.78. The Kier molecular flexibility index (Phi) is 4.78. The summed E-state index contributed by atoms with van der Waals surface area (Å²) < 4.78 is 0. The number of imide groups is 1. The molecular formula is C17H22N2O2S. The molecule has 1 aliphatic heterocycles. The molecule has 5 heteroatoms. The second-order valence-corrected chi connectivity index (χ2v) is 7.70. The number of nitrogens with zero attached hydrogens (tertiary/aromatic N) is 2. The van der Waals surface area contributed by atoms with Gasteiger partial charge >= 0.3 is 0 Å². The van der Waals surface area contributed by atoms with Crippen LogP contribution in [0.1, 0.15) is 31.9 Å². The number of hydrogen-bond donors (Lipinski definition) is 0. The quantitative estimate of drug-likeness (QED) is 0.799. The molecule has 1 heterocycles. The van der Waals surface area contributed by atoms with Gasteiger partial charge in [-0.15, -0.1) is 0 Å². The van der Waals surface area contributed by atoms with Crippen LogP contribution in [0.4, 0.5) is 4.79 Å². The van der Waals surface area contributed by atoms with E-state index in [2.05, 4.69) is 32.9 Å². The highest BCUT2D eigenvalue weighted by Crippen LogP contribution is 2.32. The SMILES string of the molecule is CN(C)CN1C(=O)SC(=Cc2ccc(C(C)(C)C)cc2)C1=O. The Morgan fingerprint density at radius 2 is 1.73 bits per heavy atom. The van der Waals surface area contributed by atoms with Crippen molar-refractivity contribution in [2.45, 2.75) is 26.2 Å². The smallest absolute Gasteiger partial charge is 0.292 e. The van der Waals surface area contributed by atoms with Gasteiger partial charge in [-0.25, -0.2) is 0 Å². The van der Waals surface area contributed by atoms with Crippen molar-refractivity contribution in [2.24, 2.45) is 0 Å². The first kappa shape index (κ1) is 16.8. The van der Waals surface area contributed by atoms with Crippen LogP contribution in [0.2, 0.25) is 0 Å². The lowest BCUT2D eigenvalue weighted by Crippen LogP contribution is -2.36. The molecule has 0 saturated carbocycles. The molecule has 1 aromatic carbocycles. The molecule has 1 saturated heterocycles. The summed E-state index contributed by atoms with van der Waals surface area (Å²) in [5.41, 5.74) is 2.27. The van der Waals surface area contributed by atoms with Crippen LogP contribution in [0.3, 0.4) is 0 Å². The molecule has 118 valence electrons. The van der Waals surface area contributed by atoms with E-state index in [0.717, 1.165) is 17.3 Å². The van der Waals surface area contributed by atoms with Crippen molar-refractivity contribution >= 4 is 29.0 Å². The molecule has 0 aromatic heterocycles. The van der Waals surface area contributed by atoms with E-state index < -0.39 is 0 Å². The Morgan fingerprint density at radius 1 is 1.14 bits per heavy atom. The average molecular weight is 318 g/mol. The van der Waals surface area contributed by atoms with E-state index >= 15 is 0 Å². The molecule has 0 bridgehead atoms. The Balaban J connectivity index is 2.20. The van der Waals surface area contributed by atoms with Crippen LogP contribution in [-0.4, -0.2) is 41.7 Å². The van der Waals surface area contributed by atoms with Crippen LogP contribution >= 0.6 is 11.8 Å². The average Bonchev–Trinajstić information content (AvgIpc) is 2.66. The topological polar surface area (TPSA) is 40.6 Å². The fraction of sp³-hybridized carbons (Fsp3) is 0.412. The Hall–Kier alpha value is -1.59. The van der Waals surface area contributed by atoms with Crippen LogP contribution in [0.15, 0.2) is 29.2 Å². The van der Waals surface area contributed by atoms with Gasteiger partial charge in [-0.2, -0.15) is 0 Å². The molecule has 0 N–H and O–H groups in total. The molecule has 0 radical (unpaired) electrons. The third kappa shape index (κ3) is 3.78. The minimum absolute atomic E-state index is 0.0993. The predicted octanol–water partition coefficient (Wildman–Crippen LogP) is 3.54. The molecule has 1 aromatic rings. The maximum Gasteiger partial charge on any atom is 0.294 e. The molecule has 1 fully saturated rings. The van der Waals surface area contributed by atoms with Gasteiger partial charge in [0.25, 0.3) is 11.1 Å². The third-order valence-electron chi connectivity index (χ3n) is 3.37. The second-order valence-electron chi connectivity index (χ2n) is 6.70. The van der Waals surface area contributed by atoms with Gasteiger partial charge in [0.15, 0.2) is 0 Å². The highest BCUT2D eigenvalue weighted by molar-refractivity contribution is 8.18. The minimum atomic E-state index is -0.219. The Labute approximate surface area is 136 Å². The molecule has 0 spiro atoms. The number of benzene rings is 1. The number of amides is 2. The van der Waals surface area contributed by atoms with Crippen LogP contribution in [-0.2, 0) is 10.2 Å². The number of hydrogen-bond acceptors (Lipinski definition) is 4. The van der Waals surface area contributed by atoms with Gasteiger partial charge in [-0.1, -0.05) is 45.0 Å². The molecule has 4 nitrogen and oxygen atoms in total. The molecular weight excluding hydrogens is 296 g/mol. The van der Waals surface area contributed by atoms with E-state index in [1.54, 1.807) is 11.0 Å². The minimum Gasteiger partial charge on any atom is -0.292 e. The van der Waals surface area contributed by atoms with E-state index in [1.807, 2.05) is 26.2 Å². The van der Waals surface area contributed by atoms with Crippen LogP contribution in [0, 0.1) is 0 Å². The van der Waals surface area contributed by atoms with E-state index in [9.17, 15) is 9.59 Å². The van der Waals surface area contributed by atoms with Crippen molar-refractivity contribution < 1.29 is 9.59 Å². The van der Waals surface area contributed by atoms with Crippen LogP contribution in [0.5, 0.6) is 0 Å². The van der Waals surface area contributed by atoms with Crippen molar-refractivity contribution in [3.63, 3.8) is 0 Å². The fourth-order valence-corrected chi connectivity index (χ4v) is 2.97. The summed E-state index contributed by atoms with van der Waals surface area (Å²) in [7, 11) is 3.66. The normalized spacial score (nSPS) is 17.9. The zero-order valence-corrected chi connectivity index (χ0v) is 14.5. The summed E-state index contributed by atoms with van der Waals surface area (Å²) in [5, 5.41) is -0.212. The zero-order chi connectivity index (χ0) is 16.5. The largest absolute Gasteiger partial charge is 0.294 e. The lowest BCUT2D eigenvalue weighted by molar-refractivity contribution is -0.123. The first-order valence-corrected chi connectivity index (χ1v) is 8.01. The highest BCUT2D eigenvalue weighted by atomic mass is 32.2. The molecule has 1 aliphatic rings. The van der Waals surface area contributed by atoms with Gasteiger partial charge < -0.3 is 0 Å². The molecule has 22 heavy (non-hydrogen) atoms. The predicted molar refractivity (Wildman–Crippen MR) is 91.5 cm³/mol. The van der Waals surface area contributed by atoms with Crippen LogP contribution < -0.4 is 0 Å². The highest BCUT2D eigenvalue weighted by Gasteiger charge is 2.35. The third-order valence-corrected chi connectivity index (χ3v) is 4.28. The lowest BCUT2D eigenvalue weighted by Gasteiger charge is -2.18. The van der Waals surface area contributed by atoms with Gasteiger partial charge in [0.2, 0.25) is 0 Å². The van der Waals surface area contributed by atoms with Gasteiger partial charge in [0, 0.05) is 0 Å². The van der Waals surface area contributed by atoms with Crippen LogP contribution in [0.25, 0.3) is 6.08 Å². The van der Waals surface area contributed by atoms with Crippen molar-refractivity contribution in [1.82, 2.24) is 9.80 Å². The van der Waals surface area contributed by atoms with Gasteiger partial charge in [-0.05, 0) is 48.5 Å². The summed E-state index contributed by atoms with van der Waals surface area (Å²) >= 11 is 1.00. The fourth-order valence-electron chi connectivity index (χ4n) is 2.14. The zero-order valence-electron chi connectivity index (χ0n) is 13.7. The van der Waals surface area contributed by atoms with Crippen molar-refractivity contribution in [3.05, 3.63) is 40.3 Å². The molecule has 0 unspecified atom stereocenters. The number of carbonyl (C=O) groups excluding carboxylic acids is 2. The van der Waals surface area contributed by atoms with E-state index in [1.165, 1.54) is 10.5 Å².